The van der Waals surface area contributed by atoms with Crippen LogP contribution in [-0.4, -0.2) is 20.4 Å². The molecule has 0 radical (unpaired) electrons. The van der Waals surface area contributed by atoms with Crippen molar-refractivity contribution in [1.29, 1.82) is 0 Å². The number of nitrogens with one attached hydrogen (secondary N) is 1. The Morgan fingerprint density at radius 1 is 1.30 bits per heavy atom. The molecule has 0 aromatic heterocycles. The highest BCUT2D eigenvalue weighted by Crippen LogP contribution is 2.41. The van der Waals surface area contributed by atoms with Gasteiger partial charge in [-0.3, -0.25) is 0 Å². The zero-order valence-electron chi connectivity index (χ0n) is 13.1. The Bertz CT molecular complexity index is 466. The number of ether oxygens (including phenoxy) is 3. The molecular weight excluding hydrogens is 254 g/mol. The van der Waals surface area contributed by atoms with E-state index >= 15 is 0 Å². The Hall–Kier alpha value is -1.42. The van der Waals surface area contributed by atoms with Crippen LogP contribution >= 0.6 is 0 Å². The molecule has 0 saturated heterocycles. The number of rotatable bonds is 5. The van der Waals surface area contributed by atoms with E-state index in [9.17, 15) is 0 Å². The average Bonchev–Trinajstić information content (AvgIpc) is 2.84. The smallest absolute Gasteiger partial charge is 0.231 e. The lowest BCUT2D eigenvalue weighted by Gasteiger charge is -2.27. The van der Waals surface area contributed by atoms with Gasteiger partial charge in [-0.25, -0.2) is 0 Å². The number of methoxy groups -OCH3 is 1. The van der Waals surface area contributed by atoms with E-state index in [4.69, 9.17) is 14.2 Å². The molecular formula is C16H25NO3. The lowest BCUT2D eigenvalue weighted by atomic mass is 9.82. The van der Waals surface area contributed by atoms with E-state index < -0.39 is 0 Å². The van der Waals surface area contributed by atoms with Gasteiger partial charge in [0.2, 0.25) is 12.5 Å². The molecule has 0 spiro atoms. The van der Waals surface area contributed by atoms with Gasteiger partial charge in [0, 0.05) is 6.54 Å². The van der Waals surface area contributed by atoms with E-state index in [0.29, 0.717) is 17.1 Å². The van der Waals surface area contributed by atoms with Crippen molar-refractivity contribution >= 4 is 0 Å². The second kappa shape index (κ2) is 5.92. The second-order valence-electron chi connectivity index (χ2n) is 6.43. The molecule has 1 aromatic rings. The minimum absolute atomic E-state index is 0.267. The number of hydrogen-bond acceptors (Lipinski definition) is 4. The molecule has 1 aliphatic rings. The van der Waals surface area contributed by atoms with Gasteiger partial charge in [0.15, 0.2) is 11.5 Å². The lowest BCUT2D eigenvalue weighted by Crippen LogP contribution is -2.29. The van der Waals surface area contributed by atoms with E-state index in [1.54, 1.807) is 7.11 Å². The number of benzene rings is 1. The number of hydrogen-bond donors (Lipinski definition) is 1. The molecule has 1 atom stereocenters. The fourth-order valence-corrected chi connectivity index (χ4v) is 2.03. The summed E-state index contributed by atoms with van der Waals surface area (Å²) in [6.07, 6.45) is 0. The fourth-order valence-electron chi connectivity index (χ4n) is 2.03. The molecule has 0 bridgehead atoms. The Balaban J connectivity index is 1.97. The van der Waals surface area contributed by atoms with Crippen LogP contribution < -0.4 is 19.5 Å². The maximum absolute atomic E-state index is 5.43. The minimum Gasteiger partial charge on any atom is -0.493 e. The van der Waals surface area contributed by atoms with Crippen LogP contribution in [0.1, 0.15) is 33.3 Å². The van der Waals surface area contributed by atoms with Gasteiger partial charge >= 0.3 is 0 Å². The monoisotopic (exact) mass is 279 g/mol. The molecule has 20 heavy (non-hydrogen) atoms. The van der Waals surface area contributed by atoms with Crippen LogP contribution in [0.15, 0.2) is 12.1 Å². The third-order valence-corrected chi connectivity index (χ3v) is 3.98. The van der Waals surface area contributed by atoms with Crippen molar-refractivity contribution in [1.82, 2.24) is 5.32 Å². The predicted molar refractivity (Wildman–Crippen MR) is 79.4 cm³/mol. The molecule has 4 nitrogen and oxygen atoms in total. The van der Waals surface area contributed by atoms with Gasteiger partial charge in [-0.05, 0) is 35.6 Å². The van der Waals surface area contributed by atoms with Crippen molar-refractivity contribution in [2.45, 2.75) is 34.2 Å². The molecule has 0 saturated carbocycles. The summed E-state index contributed by atoms with van der Waals surface area (Å²) in [4.78, 5) is 0. The van der Waals surface area contributed by atoms with Crippen molar-refractivity contribution in [3.05, 3.63) is 17.7 Å². The molecule has 1 aromatic carbocycles. The van der Waals surface area contributed by atoms with E-state index in [0.717, 1.165) is 30.2 Å². The predicted octanol–water partition coefficient (Wildman–Crippen LogP) is 3.20. The zero-order chi connectivity index (χ0) is 14.8. The first kappa shape index (κ1) is 15.0. The summed E-state index contributed by atoms with van der Waals surface area (Å²) in [5.41, 5.74) is 1.46. The fraction of sp³-hybridized carbons (Fsp3) is 0.625. The van der Waals surface area contributed by atoms with E-state index in [1.807, 2.05) is 12.1 Å². The third kappa shape index (κ3) is 3.37. The van der Waals surface area contributed by atoms with Gasteiger partial charge in [0.05, 0.1) is 7.11 Å². The highest BCUT2D eigenvalue weighted by atomic mass is 16.7. The van der Waals surface area contributed by atoms with E-state index in [-0.39, 0.29) is 6.79 Å². The standard InChI is InChI=1S/C16H25NO3/c1-11(16(2,3)4)8-17-9-12-6-13(18-5)15-14(7-12)19-10-20-15/h6-7,11,17H,8-10H2,1-5H3. The quantitative estimate of drug-likeness (QED) is 0.898. The summed E-state index contributed by atoms with van der Waals surface area (Å²) >= 11 is 0. The molecule has 0 amide bonds. The maximum atomic E-state index is 5.43. The van der Waals surface area contributed by atoms with Gasteiger partial charge in [0.1, 0.15) is 0 Å². The average molecular weight is 279 g/mol. The van der Waals surface area contributed by atoms with Crippen LogP contribution in [0.25, 0.3) is 0 Å². The first-order chi connectivity index (χ1) is 9.41. The Labute approximate surface area is 121 Å². The Kier molecular flexibility index (Phi) is 4.43. The summed E-state index contributed by atoms with van der Waals surface area (Å²) < 4.78 is 16.2. The summed E-state index contributed by atoms with van der Waals surface area (Å²) in [6.45, 7) is 11.1. The third-order valence-electron chi connectivity index (χ3n) is 3.98. The minimum atomic E-state index is 0.267. The molecule has 1 heterocycles. The van der Waals surface area contributed by atoms with Crippen LogP contribution in [-0.2, 0) is 6.54 Å². The summed E-state index contributed by atoms with van der Waals surface area (Å²) in [5.74, 6) is 2.82. The molecule has 2 rings (SSSR count). The van der Waals surface area contributed by atoms with Gasteiger partial charge in [-0.2, -0.15) is 0 Å². The van der Waals surface area contributed by atoms with Crippen molar-refractivity contribution in [2.24, 2.45) is 11.3 Å². The van der Waals surface area contributed by atoms with Crippen molar-refractivity contribution < 1.29 is 14.2 Å². The Morgan fingerprint density at radius 2 is 2.05 bits per heavy atom. The first-order valence-electron chi connectivity index (χ1n) is 7.09. The summed E-state index contributed by atoms with van der Waals surface area (Å²) in [7, 11) is 1.65. The first-order valence-corrected chi connectivity index (χ1v) is 7.09. The van der Waals surface area contributed by atoms with Crippen LogP contribution in [0.5, 0.6) is 17.2 Å². The number of fused-ring (bicyclic) bond motifs is 1. The topological polar surface area (TPSA) is 39.7 Å². The molecule has 4 heteroatoms. The highest BCUT2D eigenvalue weighted by Gasteiger charge is 2.21. The van der Waals surface area contributed by atoms with Crippen LogP contribution in [0.3, 0.4) is 0 Å². The van der Waals surface area contributed by atoms with Gasteiger partial charge in [0.25, 0.3) is 0 Å². The van der Waals surface area contributed by atoms with Crippen molar-refractivity contribution in [2.75, 3.05) is 20.4 Å². The molecule has 112 valence electrons. The summed E-state index contributed by atoms with van der Waals surface area (Å²) in [6, 6.07) is 4.02. The second-order valence-corrected chi connectivity index (χ2v) is 6.43. The molecule has 1 aliphatic heterocycles. The summed E-state index contributed by atoms with van der Waals surface area (Å²) in [5, 5.41) is 3.50. The van der Waals surface area contributed by atoms with Crippen LogP contribution in [0, 0.1) is 11.3 Å². The SMILES string of the molecule is COc1cc(CNCC(C)C(C)(C)C)cc2c1OCO2. The zero-order valence-corrected chi connectivity index (χ0v) is 13.1. The molecule has 0 aliphatic carbocycles. The largest absolute Gasteiger partial charge is 0.493 e. The highest BCUT2D eigenvalue weighted by molar-refractivity contribution is 5.55. The van der Waals surface area contributed by atoms with E-state index in [1.165, 1.54) is 0 Å². The molecule has 1 N–H and O–H groups in total. The normalized spacial score (nSPS) is 15.2. The molecule has 1 unspecified atom stereocenters. The van der Waals surface area contributed by atoms with Crippen molar-refractivity contribution in [3.63, 3.8) is 0 Å². The van der Waals surface area contributed by atoms with E-state index in [2.05, 4.69) is 33.0 Å². The van der Waals surface area contributed by atoms with Crippen molar-refractivity contribution in [3.8, 4) is 17.2 Å². The van der Waals surface area contributed by atoms with Gasteiger partial charge < -0.3 is 19.5 Å². The Morgan fingerprint density at radius 3 is 2.70 bits per heavy atom. The maximum Gasteiger partial charge on any atom is 0.231 e. The lowest BCUT2D eigenvalue weighted by molar-refractivity contribution is 0.171. The van der Waals surface area contributed by atoms with Gasteiger partial charge in [-0.1, -0.05) is 27.7 Å². The molecule has 0 fully saturated rings. The van der Waals surface area contributed by atoms with Gasteiger partial charge in [-0.15, -0.1) is 0 Å². The van der Waals surface area contributed by atoms with Crippen LogP contribution in [0.4, 0.5) is 0 Å². The van der Waals surface area contributed by atoms with Crippen LogP contribution in [0.2, 0.25) is 0 Å².